The molecule has 4 nitrogen and oxygen atoms in total. The number of aliphatic hydroxyl groups excluding tert-OH is 1. The van der Waals surface area contributed by atoms with Gasteiger partial charge in [0.2, 0.25) is 0 Å². The van der Waals surface area contributed by atoms with E-state index in [4.69, 9.17) is 0 Å². The Balaban J connectivity index is 1.78. The van der Waals surface area contributed by atoms with E-state index in [2.05, 4.69) is 24.5 Å². The summed E-state index contributed by atoms with van der Waals surface area (Å²) in [5.74, 6) is 0.800. The Morgan fingerprint density at radius 3 is 2.53 bits per heavy atom. The predicted octanol–water partition coefficient (Wildman–Crippen LogP) is 2.42. The molecule has 2 atom stereocenters. The van der Waals surface area contributed by atoms with Crippen molar-refractivity contribution in [3.8, 4) is 0 Å². The molecule has 0 aliphatic heterocycles. The van der Waals surface area contributed by atoms with Crippen LogP contribution >= 0.6 is 0 Å². The van der Waals surface area contributed by atoms with E-state index in [9.17, 15) is 9.90 Å². The van der Waals surface area contributed by atoms with Crippen LogP contribution in [0.2, 0.25) is 0 Å². The smallest absolute Gasteiger partial charge is 0.315 e. The second kappa shape index (κ2) is 6.12. The minimum Gasteiger partial charge on any atom is -0.396 e. The van der Waals surface area contributed by atoms with Gasteiger partial charge in [-0.15, -0.1) is 0 Å². The fourth-order valence-electron chi connectivity index (χ4n) is 3.46. The molecule has 4 heteroatoms. The minimum atomic E-state index is -0.140. The van der Waals surface area contributed by atoms with E-state index in [-0.39, 0.29) is 24.1 Å². The largest absolute Gasteiger partial charge is 0.396 e. The summed E-state index contributed by atoms with van der Waals surface area (Å²) in [6, 6.07) is 0.393. The number of hydrogen-bond acceptors (Lipinski definition) is 2. The highest BCUT2D eigenvalue weighted by Gasteiger charge is 2.39. The lowest BCUT2D eigenvalue weighted by Crippen LogP contribution is -2.51. The Hall–Kier alpha value is -0.770. The topological polar surface area (TPSA) is 61.4 Å². The number of carbonyl (C=O) groups excluding carboxylic acids is 1. The van der Waals surface area contributed by atoms with Gasteiger partial charge in [0.05, 0.1) is 6.61 Å². The van der Waals surface area contributed by atoms with Crippen LogP contribution in [0.15, 0.2) is 0 Å². The van der Waals surface area contributed by atoms with E-state index in [0.717, 1.165) is 38.0 Å². The Bertz CT molecular complexity index is 313. The first kappa shape index (κ1) is 14.6. The summed E-state index contributed by atoms with van der Waals surface area (Å²) in [6.45, 7) is 4.49. The van der Waals surface area contributed by atoms with Crippen LogP contribution < -0.4 is 10.6 Å². The van der Waals surface area contributed by atoms with Crippen molar-refractivity contribution in [1.29, 1.82) is 0 Å². The highest BCUT2D eigenvalue weighted by atomic mass is 16.3. The number of rotatable bonds is 3. The predicted molar refractivity (Wildman–Crippen MR) is 75.9 cm³/mol. The zero-order valence-electron chi connectivity index (χ0n) is 12.2. The van der Waals surface area contributed by atoms with Crippen molar-refractivity contribution in [3.05, 3.63) is 0 Å². The molecule has 3 N–H and O–H groups in total. The molecule has 2 amide bonds. The second-order valence-corrected chi connectivity index (χ2v) is 6.83. The third-order valence-electron chi connectivity index (χ3n) is 5.10. The number of hydrogen-bond donors (Lipinski definition) is 3. The summed E-state index contributed by atoms with van der Waals surface area (Å²) in [4.78, 5) is 12.0. The van der Waals surface area contributed by atoms with Crippen LogP contribution in [0, 0.1) is 11.3 Å². The van der Waals surface area contributed by atoms with Gasteiger partial charge in [-0.05, 0) is 44.4 Å². The van der Waals surface area contributed by atoms with Gasteiger partial charge in [-0.25, -0.2) is 4.79 Å². The Morgan fingerprint density at radius 2 is 1.89 bits per heavy atom. The van der Waals surface area contributed by atoms with Crippen molar-refractivity contribution in [2.24, 2.45) is 11.3 Å². The molecule has 0 bridgehead atoms. The molecule has 0 spiro atoms. The molecule has 0 saturated heterocycles. The van der Waals surface area contributed by atoms with E-state index in [0.29, 0.717) is 6.04 Å². The molecule has 2 aliphatic rings. The first-order chi connectivity index (χ1) is 9.03. The lowest BCUT2D eigenvalue weighted by molar-refractivity contribution is 0.120. The van der Waals surface area contributed by atoms with Crippen LogP contribution in [-0.4, -0.2) is 29.8 Å². The van der Waals surface area contributed by atoms with Gasteiger partial charge in [0, 0.05) is 17.5 Å². The average Bonchev–Trinajstić information content (AvgIpc) is 2.74. The molecule has 0 heterocycles. The highest BCUT2D eigenvalue weighted by Crippen LogP contribution is 2.37. The van der Waals surface area contributed by atoms with Crippen LogP contribution in [0.3, 0.4) is 0 Å². The lowest BCUT2D eigenvalue weighted by Gasteiger charge is -2.32. The lowest BCUT2D eigenvalue weighted by atomic mass is 9.86. The molecule has 0 aromatic heterocycles. The van der Waals surface area contributed by atoms with Gasteiger partial charge in [-0.3, -0.25) is 0 Å². The second-order valence-electron chi connectivity index (χ2n) is 6.83. The van der Waals surface area contributed by atoms with Gasteiger partial charge in [-0.1, -0.05) is 20.3 Å². The summed E-state index contributed by atoms with van der Waals surface area (Å²) < 4.78 is 0. The summed E-state index contributed by atoms with van der Waals surface area (Å²) in [5.41, 5.74) is -0.140. The quantitative estimate of drug-likeness (QED) is 0.736. The van der Waals surface area contributed by atoms with E-state index in [1.165, 1.54) is 12.8 Å². The SMILES string of the molecule is CC1CCC(NC(=O)NC2CCCC2(C)CO)CC1. The van der Waals surface area contributed by atoms with Gasteiger partial charge in [0.1, 0.15) is 0 Å². The Morgan fingerprint density at radius 1 is 1.21 bits per heavy atom. The fourth-order valence-corrected chi connectivity index (χ4v) is 3.46. The van der Waals surface area contributed by atoms with E-state index in [1.54, 1.807) is 0 Å². The van der Waals surface area contributed by atoms with Gasteiger partial charge in [0.15, 0.2) is 0 Å². The molecule has 110 valence electrons. The molecule has 0 aromatic rings. The molecule has 0 radical (unpaired) electrons. The Labute approximate surface area is 116 Å². The standard InChI is InChI=1S/C15H28N2O2/c1-11-5-7-12(8-6-11)16-14(19)17-13-4-3-9-15(13,2)10-18/h11-13,18H,3-10H2,1-2H3,(H2,16,17,19). The van der Waals surface area contributed by atoms with Crippen LogP contribution in [0.25, 0.3) is 0 Å². The number of nitrogens with one attached hydrogen (secondary N) is 2. The third-order valence-corrected chi connectivity index (χ3v) is 5.10. The third kappa shape index (κ3) is 3.62. The van der Waals surface area contributed by atoms with Gasteiger partial charge < -0.3 is 15.7 Å². The maximum absolute atomic E-state index is 12.0. The number of amides is 2. The van der Waals surface area contributed by atoms with Crippen LogP contribution in [-0.2, 0) is 0 Å². The first-order valence-electron chi connectivity index (χ1n) is 7.71. The van der Waals surface area contributed by atoms with Crippen molar-refractivity contribution in [3.63, 3.8) is 0 Å². The van der Waals surface area contributed by atoms with E-state index in [1.807, 2.05) is 0 Å². The molecule has 2 unspecified atom stereocenters. The van der Waals surface area contributed by atoms with Crippen LogP contribution in [0.5, 0.6) is 0 Å². The molecular weight excluding hydrogens is 240 g/mol. The molecule has 2 fully saturated rings. The van der Waals surface area contributed by atoms with Gasteiger partial charge >= 0.3 is 6.03 Å². The highest BCUT2D eigenvalue weighted by molar-refractivity contribution is 5.74. The fraction of sp³-hybridized carbons (Fsp3) is 0.933. The first-order valence-corrected chi connectivity index (χ1v) is 7.71. The minimum absolute atomic E-state index is 0.0499. The summed E-state index contributed by atoms with van der Waals surface area (Å²) >= 11 is 0. The van der Waals surface area contributed by atoms with E-state index < -0.39 is 0 Å². The monoisotopic (exact) mass is 268 g/mol. The normalized spacial score (nSPS) is 39.0. The van der Waals surface area contributed by atoms with Gasteiger partial charge in [-0.2, -0.15) is 0 Å². The number of aliphatic hydroxyl groups is 1. The maximum atomic E-state index is 12.0. The zero-order chi connectivity index (χ0) is 13.9. The van der Waals surface area contributed by atoms with Crippen molar-refractivity contribution in [1.82, 2.24) is 10.6 Å². The molecule has 2 saturated carbocycles. The molecule has 2 aliphatic carbocycles. The van der Waals surface area contributed by atoms with Crippen molar-refractivity contribution < 1.29 is 9.90 Å². The van der Waals surface area contributed by atoms with Crippen LogP contribution in [0.4, 0.5) is 4.79 Å². The Kier molecular flexibility index (Phi) is 4.71. The van der Waals surface area contributed by atoms with Crippen molar-refractivity contribution >= 4 is 6.03 Å². The molecule has 0 aromatic carbocycles. The molecule has 2 rings (SSSR count). The van der Waals surface area contributed by atoms with Crippen LogP contribution in [0.1, 0.15) is 58.8 Å². The van der Waals surface area contributed by atoms with Crippen molar-refractivity contribution in [2.75, 3.05) is 6.61 Å². The summed E-state index contributed by atoms with van der Waals surface area (Å²) in [7, 11) is 0. The number of urea groups is 1. The average molecular weight is 268 g/mol. The van der Waals surface area contributed by atoms with Crippen molar-refractivity contribution in [2.45, 2.75) is 70.9 Å². The zero-order valence-corrected chi connectivity index (χ0v) is 12.2. The summed E-state index contributed by atoms with van der Waals surface area (Å²) in [6.07, 6.45) is 7.67. The van der Waals surface area contributed by atoms with Gasteiger partial charge in [0.25, 0.3) is 0 Å². The summed E-state index contributed by atoms with van der Waals surface area (Å²) in [5, 5.41) is 15.7. The molecular formula is C15H28N2O2. The number of carbonyl (C=O) groups is 1. The molecule has 19 heavy (non-hydrogen) atoms. The van der Waals surface area contributed by atoms with E-state index >= 15 is 0 Å². The maximum Gasteiger partial charge on any atom is 0.315 e.